The van der Waals surface area contributed by atoms with Gasteiger partial charge in [0.1, 0.15) is 5.69 Å². The molecule has 0 unspecified atom stereocenters. The molecule has 2 heteroatoms. The van der Waals surface area contributed by atoms with Crippen LogP contribution in [0.25, 0.3) is 0 Å². The zero-order valence-electron chi connectivity index (χ0n) is 6.20. The Labute approximate surface area is 60.9 Å². The van der Waals surface area contributed by atoms with Gasteiger partial charge in [-0.05, 0) is 19.9 Å². The second-order valence-electron chi connectivity index (χ2n) is 2.40. The molecule has 0 atom stereocenters. The highest BCUT2D eigenvalue weighted by atomic mass is 15.3. The number of hydrogen-bond donors (Lipinski definition) is 0. The van der Waals surface area contributed by atoms with Crippen molar-refractivity contribution in [1.82, 2.24) is 9.78 Å². The second kappa shape index (κ2) is 2.57. The number of hydrogen-bond acceptors (Lipinski definition) is 1. The lowest BCUT2D eigenvalue weighted by molar-refractivity contribution is 0.527. The van der Waals surface area contributed by atoms with Crippen molar-refractivity contribution in [3.63, 3.8) is 0 Å². The van der Waals surface area contributed by atoms with Gasteiger partial charge in [0.05, 0.1) is 6.20 Å². The summed E-state index contributed by atoms with van der Waals surface area (Å²) in [5.74, 6) is 2.56. The highest BCUT2D eigenvalue weighted by Crippen LogP contribution is 2.05. The summed E-state index contributed by atoms with van der Waals surface area (Å²) in [4.78, 5) is 0. The van der Waals surface area contributed by atoms with E-state index in [9.17, 15) is 0 Å². The molecule has 0 aliphatic carbocycles. The first kappa shape index (κ1) is 6.88. The van der Waals surface area contributed by atoms with E-state index in [1.54, 1.807) is 6.20 Å². The second-order valence-corrected chi connectivity index (χ2v) is 2.40. The topological polar surface area (TPSA) is 17.8 Å². The van der Waals surface area contributed by atoms with E-state index in [4.69, 9.17) is 6.42 Å². The summed E-state index contributed by atoms with van der Waals surface area (Å²) in [6.45, 7) is 4.10. The molecule has 0 spiro atoms. The van der Waals surface area contributed by atoms with E-state index in [1.807, 2.05) is 24.6 Å². The van der Waals surface area contributed by atoms with Crippen molar-refractivity contribution in [3.8, 4) is 12.3 Å². The third-order valence-corrected chi connectivity index (χ3v) is 1.31. The maximum atomic E-state index is 5.22. The van der Waals surface area contributed by atoms with Crippen LogP contribution in [0, 0.1) is 12.3 Å². The van der Waals surface area contributed by atoms with Crippen molar-refractivity contribution in [2.45, 2.75) is 19.9 Å². The third-order valence-electron chi connectivity index (χ3n) is 1.31. The van der Waals surface area contributed by atoms with Crippen molar-refractivity contribution in [3.05, 3.63) is 18.0 Å². The predicted molar refractivity (Wildman–Crippen MR) is 40.5 cm³/mol. The minimum atomic E-state index is 0.348. The Morgan fingerprint density at radius 2 is 2.40 bits per heavy atom. The monoisotopic (exact) mass is 134 g/mol. The van der Waals surface area contributed by atoms with Crippen LogP contribution < -0.4 is 0 Å². The van der Waals surface area contributed by atoms with Gasteiger partial charge in [-0.2, -0.15) is 5.10 Å². The Hall–Kier alpha value is -1.23. The highest BCUT2D eigenvalue weighted by Gasteiger charge is 2.00. The molecule has 0 aliphatic heterocycles. The molecule has 0 aliphatic rings. The molecule has 0 saturated heterocycles. The lowest BCUT2D eigenvalue weighted by Crippen LogP contribution is -2.04. The predicted octanol–water partition coefficient (Wildman–Crippen LogP) is 1.45. The van der Waals surface area contributed by atoms with Gasteiger partial charge in [-0.25, -0.2) is 0 Å². The van der Waals surface area contributed by atoms with Crippen molar-refractivity contribution in [2.75, 3.05) is 0 Å². The zero-order chi connectivity index (χ0) is 7.56. The standard InChI is InChI=1S/C8H10N2/c1-4-8-5-6-9-10(8)7(2)3/h1,5-7H,2-3H3. The molecule has 0 fully saturated rings. The fraction of sp³-hybridized carbons (Fsp3) is 0.375. The molecule has 2 nitrogen and oxygen atoms in total. The highest BCUT2D eigenvalue weighted by molar-refractivity contribution is 5.23. The summed E-state index contributed by atoms with van der Waals surface area (Å²) >= 11 is 0. The summed E-state index contributed by atoms with van der Waals surface area (Å²) in [7, 11) is 0. The third kappa shape index (κ3) is 1.03. The molecular weight excluding hydrogens is 124 g/mol. The summed E-state index contributed by atoms with van der Waals surface area (Å²) in [6, 6.07) is 2.18. The summed E-state index contributed by atoms with van der Waals surface area (Å²) in [5.41, 5.74) is 0.843. The van der Waals surface area contributed by atoms with Gasteiger partial charge in [-0.15, -0.1) is 6.42 Å². The quantitative estimate of drug-likeness (QED) is 0.531. The Morgan fingerprint density at radius 1 is 1.70 bits per heavy atom. The molecule has 1 rings (SSSR count). The molecule has 1 aromatic heterocycles. The van der Waals surface area contributed by atoms with E-state index in [-0.39, 0.29) is 0 Å². The lowest BCUT2D eigenvalue weighted by atomic mass is 10.3. The maximum Gasteiger partial charge on any atom is 0.111 e. The number of rotatable bonds is 1. The van der Waals surface area contributed by atoms with Gasteiger partial charge in [0.2, 0.25) is 0 Å². The smallest absolute Gasteiger partial charge is 0.111 e. The summed E-state index contributed by atoms with van der Waals surface area (Å²) in [5, 5.41) is 4.06. The van der Waals surface area contributed by atoms with Crippen molar-refractivity contribution >= 4 is 0 Å². The fourth-order valence-corrected chi connectivity index (χ4v) is 0.840. The van der Waals surface area contributed by atoms with Gasteiger partial charge >= 0.3 is 0 Å². The van der Waals surface area contributed by atoms with Crippen molar-refractivity contribution < 1.29 is 0 Å². The maximum absolute atomic E-state index is 5.22. The summed E-state index contributed by atoms with van der Waals surface area (Å²) in [6.07, 6.45) is 6.94. The van der Waals surface area contributed by atoms with Crippen molar-refractivity contribution in [1.29, 1.82) is 0 Å². The Balaban J connectivity index is 3.05. The van der Waals surface area contributed by atoms with Gasteiger partial charge in [0.25, 0.3) is 0 Å². The van der Waals surface area contributed by atoms with Gasteiger partial charge in [-0.3, -0.25) is 4.68 Å². The van der Waals surface area contributed by atoms with Crippen LogP contribution in [0.3, 0.4) is 0 Å². The molecule has 52 valence electrons. The molecule has 1 heterocycles. The number of nitrogens with zero attached hydrogens (tertiary/aromatic N) is 2. The van der Waals surface area contributed by atoms with E-state index in [0.29, 0.717) is 6.04 Å². The van der Waals surface area contributed by atoms with E-state index < -0.39 is 0 Å². The first-order valence-corrected chi connectivity index (χ1v) is 3.26. The SMILES string of the molecule is C#Cc1ccnn1C(C)C. The first-order chi connectivity index (χ1) is 4.75. The van der Waals surface area contributed by atoms with E-state index in [2.05, 4.69) is 11.0 Å². The van der Waals surface area contributed by atoms with E-state index in [0.717, 1.165) is 5.69 Å². The van der Waals surface area contributed by atoms with Gasteiger partial charge in [0.15, 0.2) is 0 Å². The molecule has 0 amide bonds. The number of terminal acetylenes is 1. The average Bonchev–Trinajstić information content (AvgIpc) is 2.33. The number of aromatic nitrogens is 2. The molecule has 0 saturated carbocycles. The zero-order valence-corrected chi connectivity index (χ0v) is 6.20. The molecule has 1 aromatic rings. The largest absolute Gasteiger partial charge is 0.255 e. The van der Waals surface area contributed by atoms with Crippen LogP contribution in [0.5, 0.6) is 0 Å². The fourth-order valence-electron chi connectivity index (χ4n) is 0.840. The van der Waals surface area contributed by atoms with Crippen LogP contribution in [0.15, 0.2) is 12.3 Å². The molecule has 0 N–H and O–H groups in total. The Morgan fingerprint density at radius 3 is 2.80 bits per heavy atom. The van der Waals surface area contributed by atoms with Crippen LogP contribution in [0.1, 0.15) is 25.6 Å². The van der Waals surface area contributed by atoms with Gasteiger partial charge in [0, 0.05) is 6.04 Å². The molecule has 0 bridgehead atoms. The molecule has 0 aromatic carbocycles. The minimum absolute atomic E-state index is 0.348. The van der Waals surface area contributed by atoms with Crippen LogP contribution in [0.4, 0.5) is 0 Å². The van der Waals surface area contributed by atoms with Crippen LogP contribution in [0.2, 0.25) is 0 Å². The van der Waals surface area contributed by atoms with Crippen molar-refractivity contribution in [2.24, 2.45) is 0 Å². The van der Waals surface area contributed by atoms with Crippen LogP contribution in [-0.2, 0) is 0 Å². The van der Waals surface area contributed by atoms with Crippen LogP contribution in [-0.4, -0.2) is 9.78 Å². The minimum Gasteiger partial charge on any atom is -0.255 e. The van der Waals surface area contributed by atoms with Gasteiger partial charge < -0.3 is 0 Å². The molecule has 0 radical (unpaired) electrons. The average molecular weight is 134 g/mol. The van der Waals surface area contributed by atoms with Gasteiger partial charge in [-0.1, -0.05) is 5.92 Å². The lowest BCUT2D eigenvalue weighted by Gasteiger charge is -2.05. The van der Waals surface area contributed by atoms with Crippen LogP contribution >= 0.6 is 0 Å². The first-order valence-electron chi connectivity index (χ1n) is 3.26. The molecule has 10 heavy (non-hydrogen) atoms. The Kier molecular flexibility index (Phi) is 1.77. The van der Waals surface area contributed by atoms with E-state index >= 15 is 0 Å². The summed E-state index contributed by atoms with van der Waals surface area (Å²) < 4.78 is 1.82. The van der Waals surface area contributed by atoms with E-state index in [1.165, 1.54) is 0 Å². The Bertz CT molecular complexity index is 252. The normalized spacial score (nSPS) is 9.80. The molecular formula is C8H10N2.